The van der Waals surface area contributed by atoms with Crippen molar-refractivity contribution in [3.05, 3.63) is 57.9 Å². The Morgan fingerprint density at radius 2 is 1.75 bits per heavy atom. The third kappa shape index (κ3) is 2.64. The fourth-order valence-electron chi connectivity index (χ4n) is 2.89. The zero-order valence-electron chi connectivity index (χ0n) is 14.3. The smallest absolute Gasteiger partial charge is 0.200 e. The summed E-state index contributed by atoms with van der Waals surface area (Å²) in [7, 11) is 1.61. The molecule has 0 spiro atoms. The monoisotopic (exact) mass is 324 g/mol. The fraction of sp³-hybridized carbons (Fsp3) is 0.250. The molecule has 1 aromatic heterocycles. The van der Waals surface area contributed by atoms with Gasteiger partial charge < -0.3 is 13.9 Å². The van der Waals surface area contributed by atoms with Gasteiger partial charge in [0.1, 0.15) is 22.8 Å². The molecule has 0 saturated heterocycles. The van der Waals surface area contributed by atoms with E-state index in [2.05, 4.69) is 0 Å². The van der Waals surface area contributed by atoms with Crippen LogP contribution in [0.15, 0.2) is 45.6 Å². The fourth-order valence-corrected chi connectivity index (χ4v) is 2.89. The van der Waals surface area contributed by atoms with Crippen molar-refractivity contribution in [2.24, 2.45) is 0 Å². The van der Waals surface area contributed by atoms with Crippen LogP contribution in [0, 0.1) is 13.8 Å². The third-order valence-corrected chi connectivity index (χ3v) is 4.11. The van der Waals surface area contributed by atoms with Crippen LogP contribution in [0.2, 0.25) is 0 Å². The lowest BCUT2D eigenvalue weighted by atomic mass is 10.0. The molecule has 0 aliphatic heterocycles. The molecule has 3 rings (SSSR count). The molecule has 0 N–H and O–H groups in total. The van der Waals surface area contributed by atoms with E-state index >= 15 is 0 Å². The van der Waals surface area contributed by atoms with Crippen LogP contribution in [0.25, 0.3) is 22.1 Å². The largest absolute Gasteiger partial charge is 0.497 e. The lowest BCUT2D eigenvalue weighted by molar-refractivity contribution is 0.337. The molecule has 0 bridgehead atoms. The first-order chi connectivity index (χ1) is 11.6. The first-order valence-corrected chi connectivity index (χ1v) is 7.91. The molecule has 0 fully saturated rings. The summed E-state index contributed by atoms with van der Waals surface area (Å²) in [6, 6.07) is 11.0. The van der Waals surface area contributed by atoms with Gasteiger partial charge in [0, 0.05) is 5.56 Å². The molecule has 0 aliphatic rings. The minimum atomic E-state index is -0.0370. The molecule has 2 aromatic carbocycles. The summed E-state index contributed by atoms with van der Waals surface area (Å²) < 4.78 is 16.8. The van der Waals surface area contributed by atoms with E-state index < -0.39 is 0 Å². The SMILES string of the molecule is CCOc1ccc2c(=O)c(-c3ccc(OC)cc3)c(C)oc2c1C. The first-order valence-electron chi connectivity index (χ1n) is 7.91. The molecule has 4 nitrogen and oxygen atoms in total. The second kappa shape index (κ2) is 6.40. The second-order valence-electron chi connectivity index (χ2n) is 5.59. The number of hydrogen-bond donors (Lipinski definition) is 0. The van der Waals surface area contributed by atoms with Gasteiger partial charge in [0.15, 0.2) is 0 Å². The average molecular weight is 324 g/mol. The number of fused-ring (bicyclic) bond motifs is 1. The van der Waals surface area contributed by atoms with Gasteiger partial charge in [-0.2, -0.15) is 0 Å². The van der Waals surface area contributed by atoms with Crippen molar-refractivity contribution in [2.75, 3.05) is 13.7 Å². The molecule has 24 heavy (non-hydrogen) atoms. The molecule has 0 aliphatic carbocycles. The number of benzene rings is 2. The Kier molecular flexibility index (Phi) is 4.30. The van der Waals surface area contributed by atoms with Gasteiger partial charge in [-0.05, 0) is 50.6 Å². The summed E-state index contributed by atoms with van der Waals surface area (Å²) in [4.78, 5) is 13.0. The van der Waals surface area contributed by atoms with E-state index in [1.54, 1.807) is 13.2 Å². The van der Waals surface area contributed by atoms with Gasteiger partial charge in [0.25, 0.3) is 0 Å². The predicted octanol–water partition coefficient (Wildman–Crippen LogP) is 4.48. The van der Waals surface area contributed by atoms with Crippen LogP contribution < -0.4 is 14.9 Å². The highest BCUT2D eigenvalue weighted by atomic mass is 16.5. The van der Waals surface area contributed by atoms with Crippen LogP contribution >= 0.6 is 0 Å². The van der Waals surface area contributed by atoms with E-state index in [0.717, 1.165) is 22.6 Å². The van der Waals surface area contributed by atoms with Crippen molar-refractivity contribution in [2.45, 2.75) is 20.8 Å². The second-order valence-corrected chi connectivity index (χ2v) is 5.59. The van der Waals surface area contributed by atoms with Crippen molar-refractivity contribution in [1.82, 2.24) is 0 Å². The summed E-state index contributed by atoms with van der Waals surface area (Å²) >= 11 is 0. The number of methoxy groups -OCH3 is 1. The Balaban J connectivity index is 2.23. The maximum absolute atomic E-state index is 13.0. The lowest BCUT2D eigenvalue weighted by Crippen LogP contribution is -2.08. The van der Waals surface area contributed by atoms with E-state index in [4.69, 9.17) is 13.9 Å². The van der Waals surface area contributed by atoms with Crippen LogP contribution in [0.4, 0.5) is 0 Å². The summed E-state index contributed by atoms with van der Waals surface area (Å²) in [6.07, 6.45) is 0. The third-order valence-electron chi connectivity index (χ3n) is 4.11. The molecule has 1 heterocycles. The molecule has 124 valence electrons. The Morgan fingerprint density at radius 3 is 2.38 bits per heavy atom. The van der Waals surface area contributed by atoms with Gasteiger partial charge in [-0.1, -0.05) is 12.1 Å². The topological polar surface area (TPSA) is 48.7 Å². The van der Waals surface area contributed by atoms with Crippen LogP contribution in [0.1, 0.15) is 18.2 Å². The zero-order chi connectivity index (χ0) is 17.3. The van der Waals surface area contributed by atoms with Crippen molar-refractivity contribution < 1.29 is 13.9 Å². The van der Waals surface area contributed by atoms with E-state index in [1.165, 1.54) is 0 Å². The number of ether oxygens (including phenoxy) is 2. The molecule has 0 unspecified atom stereocenters. The van der Waals surface area contributed by atoms with Gasteiger partial charge in [-0.3, -0.25) is 4.79 Å². The molecule has 0 amide bonds. The Bertz CT molecular complexity index is 936. The summed E-state index contributed by atoms with van der Waals surface area (Å²) in [5, 5.41) is 0.562. The maximum atomic E-state index is 13.0. The normalized spacial score (nSPS) is 10.8. The summed E-state index contributed by atoms with van der Waals surface area (Å²) in [6.45, 7) is 6.22. The average Bonchev–Trinajstić information content (AvgIpc) is 2.59. The van der Waals surface area contributed by atoms with Crippen molar-refractivity contribution in [3.63, 3.8) is 0 Å². The molecule has 4 heteroatoms. The quantitative estimate of drug-likeness (QED) is 0.710. The predicted molar refractivity (Wildman–Crippen MR) is 95.1 cm³/mol. The summed E-state index contributed by atoms with van der Waals surface area (Å²) in [5.41, 5.74) is 2.78. The lowest BCUT2D eigenvalue weighted by Gasteiger charge is -2.12. The van der Waals surface area contributed by atoms with Crippen LogP contribution in [-0.4, -0.2) is 13.7 Å². The molecular formula is C20H20O4. The minimum absolute atomic E-state index is 0.0370. The molecule has 0 radical (unpaired) electrons. The van der Waals surface area contributed by atoms with Crippen LogP contribution in [0.3, 0.4) is 0 Å². The van der Waals surface area contributed by atoms with Crippen molar-refractivity contribution >= 4 is 11.0 Å². The van der Waals surface area contributed by atoms with E-state index in [1.807, 2.05) is 51.1 Å². The highest BCUT2D eigenvalue weighted by Crippen LogP contribution is 2.30. The van der Waals surface area contributed by atoms with Crippen molar-refractivity contribution in [3.8, 4) is 22.6 Å². The Labute approximate surface area is 140 Å². The van der Waals surface area contributed by atoms with E-state index in [0.29, 0.717) is 28.9 Å². The molecular weight excluding hydrogens is 304 g/mol. The first kappa shape index (κ1) is 16.1. The zero-order valence-corrected chi connectivity index (χ0v) is 14.3. The van der Waals surface area contributed by atoms with Crippen LogP contribution in [-0.2, 0) is 0 Å². The minimum Gasteiger partial charge on any atom is -0.497 e. The highest BCUT2D eigenvalue weighted by molar-refractivity contribution is 5.86. The number of hydrogen-bond acceptors (Lipinski definition) is 4. The van der Waals surface area contributed by atoms with E-state index in [-0.39, 0.29) is 5.43 Å². The Morgan fingerprint density at radius 1 is 1.04 bits per heavy atom. The van der Waals surface area contributed by atoms with Crippen LogP contribution in [0.5, 0.6) is 11.5 Å². The van der Waals surface area contributed by atoms with Gasteiger partial charge in [0.05, 0.1) is 24.7 Å². The van der Waals surface area contributed by atoms with Gasteiger partial charge >= 0.3 is 0 Å². The Hall–Kier alpha value is -2.75. The standard InChI is InChI=1S/C20H20O4/c1-5-23-17-11-10-16-19(21)18(13(3)24-20(16)12(17)2)14-6-8-15(22-4)9-7-14/h6-11H,5H2,1-4H3. The van der Waals surface area contributed by atoms with Crippen molar-refractivity contribution in [1.29, 1.82) is 0 Å². The van der Waals surface area contributed by atoms with Gasteiger partial charge in [-0.15, -0.1) is 0 Å². The maximum Gasteiger partial charge on any atom is 0.200 e. The molecule has 0 atom stereocenters. The highest BCUT2D eigenvalue weighted by Gasteiger charge is 2.16. The summed E-state index contributed by atoms with van der Waals surface area (Å²) in [5.74, 6) is 2.08. The molecule has 3 aromatic rings. The van der Waals surface area contributed by atoms with Gasteiger partial charge in [0.2, 0.25) is 5.43 Å². The van der Waals surface area contributed by atoms with Gasteiger partial charge in [-0.25, -0.2) is 0 Å². The molecule has 0 saturated carbocycles. The number of rotatable bonds is 4. The van der Waals surface area contributed by atoms with E-state index in [9.17, 15) is 4.79 Å². The number of aryl methyl sites for hydroxylation is 2.